The summed E-state index contributed by atoms with van der Waals surface area (Å²) in [5, 5.41) is 0.785. The van der Waals surface area contributed by atoms with Crippen molar-refractivity contribution >= 4 is 28.1 Å². The third kappa shape index (κ3) is 4.37. The highest BCUT2D eigenvalue weighted by atomic mass is 35.5. The minimum absolute atomic E-state index is 0.156. The van der Waals surface area contributed by atoms with Crippen molar-refractivity contribution in [3.8, 4) is 6.01 Å². The number of aryl methyl sites for hydroxylation is 1. The molecule has 8 heteroatoms. The van der Waals surface area contributed by atoms with Gasteiger partial charge in [0.25, 0.3) is 0 Å². The molecule has 0 saturated carbocycles. The monoisotopic (exact) mass is 561 g/mol. The molecule has 0 spiro atoms. The summed E-state index contributed by atoms with van der Waals surface area (Å²) in [4.78, 5) is 17.6. The van der Waals surface area contributed by atoms with Gasteiger partial charge in [-0.05, 0) is 77.1 Å². The predicted molar refractivity (Wildman–Crippen MR) is 160 cm³/mol. The highest BCUT2D eigenvalue weighted by Gasteiger charge is 2.45. The van der Waals surface area contributed by atoms with Crippen molar-refractivity contribution in [2.24, 2.45) is 5.92 Å². The molecule has 2 atom stereocenters. The van der Waals surface area contributed by atoms with Crippen LogP contribution in [-0.2, 0) is 17.7 Å². The van der Waals surface area contributed by atoms with E-state index in [1.807, 2.05) is 13.0 Å². The Hall–Kier alpha value is -2.77. The molecule has 2 aromatic rings. The van der Waals surface area contributed by atoms with Crippen LogP contribution < -0.4 is 14.5 Å². The number of aromatic nitrogens is 2. The standard InChI is InChI=1S/C32H40ClN5O2/c1-4-25(33)29-21(2)8-5-9-27(29)36-16-11-24-26(18-36)34-31(39-20-32-12-6-14-38(32)15-7-13-32)35-30(24)37-17-10-23-22(3)40-28(23)19-37/h4-5,8-9,23,28H,3,6-7,10-20H2,1-2H3/b25-4+. The van der Waals surface area contributed by atoms with Gasteiger partial charge in [0.05, 0.1) is 36.0 Å². The van der Waals surface area contributed by atoms with Crippen LogP contribution in [0.3, 0.4) is 0 Å². The van der Waals surface area contributed by atoms with Crippen molar-refractivity contribution in [1.82, 2.24) is 14.9 Å². The van der Waals surface area contributed by atoms with E-state index in [-0.39, 0.29) is 11.6 Å². The third-order valence-corrected chi connectivity index (χ3v) is 10.4. The van der Waals surface area contributed by atoms with E-state index in [4.69, 9.17) is 31.0 Å². The normalized spacial score (nSPS) is 25.7. The number of piperidine rings is 1. The minimum Gasteiger partial charge on any atom is -0.492 e. The molecule has 7 nitrogen and oxygen atoms in total. The summed E-state index contributed by atoms with van der Waals surface area (Å²) >= 11 is 6.72. The van der Waals surface area contributed by atoms with E-state index in [1.165, 1.54) is 49.9 Å². The van der Waals surface area contributed by atoms with Crippen molar-refractivity contribution < 1.29 is 9.47 Å². The number of halogens is 1. The number of benzene rings is 1. The molecule has 1 aromatic heterocycles. The quantitative estimate of drug-likeness (QED) is 0.449. The molecule has 0 N–H and O–H groups in total. The Morgan fingerprint density at radius 1 is 1.18 bits per heavy atom. The van der Waals surface area contributed by atoms with Crippen LogP contribution in [0.5, 0.6) is 6.01 Å². The molecule has 2 unspecified atom stereocenters. The van der Waals surface area contributed by atoms with Crippen LogP contribution in [0.25, 0.3) is 5.03 Å². The Kier molecular flexibility index (Phi) is 6.70. The number of allylic oxidation sites excluding steroid dienone is 1. The van der Waals surface area contributed by atoms with Crippen LogP contribution in [0.2, 0.25) is 0 Å². The second kappa shape index (κ2) is 10.3. The lowest BCUT2D eigenvalue weighted by molar-refractivity contribution is -0.0499. The van der Waals surface area contributed by atoms with Crippen LogP contribution in [0.1, 0.15) is 61.4 Å². The summed E-state index contributed by atoms with van der Waals surface area (Å²) in [7, 11) is 0. The van der Waals surface area contributed by atoms with Crippen LogP contribution in [0.4, 0.5) is 11.5 Å². The molecule has 0 amide bonds. The van der Waals surface area contributed by atoms with E-state index in [0.717, 1.165) is 66.0 Å². The fourth-order valence-corrected chi connectivity index (χ4v) is 8.00. The maximum atomic E-state index is 6.72. The molecule has 0 aliphatic carbocycles. The van der Waals surface area contributed by atoms with Crippen LogP contribution >= 0.6 is 11.6 Å². The lowest BCUT2D eigenvalue weighted by Crippen LogP contribution is -2.52. The van der Waals surface area contributed by atoms with Crippen molar-refractivity contribution in [3.63, 3.8) is 0 Å². The van der Waals surface area contributed by atoms with E-state index in [1.54, 1.807) is 0 Å². The first-order valence-corrected chi connectivity index (χ1v) is 15.4. The second-order valence-electron chi connectivity index (χ2n) is 12.2. The molecule has 5 aliphatic rings. The molecule has 6 heterocycles. The molecule has 0 radical (unpaired) electrons. The zero-order valence-corrected chi connectivity index (χ0v) is 24.6. The number of fused-ring (bicyclic) bond motifs is 3. The number of nitrogens with zero attached hydrogens (tertiary/aromatic N) is 5. The topological polar surface area (TPSA) is 54.0 Å². The summed E-state index contributed by atoms with van der Waals surface area (Å²) in [6.07, 6.45) is 9.03. The molecule has 212 valence electrons. The summed E-state index contributed by atoms with van der Waals surface area (Å²) in [5.74, 6) is 2.45. The summed E-state index contributed by atoms with van der Waals surface area (Å²) in [6, 6.07) is 6.94. The maximum absolute atomic E-state index is 6.72. The average Bonchev–Trinajstić information content (AvgIpc) is 3.54. The molecule has 0 bridgehead atoms. The predicted octanol–water partition coefficient (Wildman–Crippen LogP) is 5.69. The summed E-state index contributed by atoms with van der Waals surface area (Å²) in [5.41, 5.74) is 5.90. The van der Waals surface area contributed by atoms with Crippen LogP contribution in [-0.4, -0.2) is 65.8 Å². The van der Waals surface area contributed by atoms with Crippen LogP contribution in [0, 0.1) is 12.8 Å². The lowest BCUT2D eigenvalue weighted by Gasteiger charge is -2.47. The zero-order valence-electron chi connectivity index (χ0n) is 23.8. The number of ether oxygens (including phenoxy) is 2. The lowest BCUT2D eigenvalue weighted by atomic mass is 9.87. The Morgan fingerprint density at radius 2 is 2.00 bits per heavy atom. The van der Waals surface area contributed by atoms with E-state index < -0.39 is 0 Å². The highest BCUT2D eigenvalue weighted by Crippen LogP contribution is 2.42. The SMILES string of the molecule is C=C1OC2CN(c3nc(OCC45CCCN4CCC5)nc4c3CCN(c3cccc(C)c3/C(Cl)=C\C)C4)CCC12. The first-order chi connectivity index (χ1) is 19.5. The summed E-state index contributed by atoms with van der Waals surface area (Å²) < 4.78 is 12.4. The Balaban J connectivity index is 1.21. The largest absolute Gasteiger partial charge is 0.492 e. The van der Waals surface area contributed by atoms with Gasteiger partial charge < -0.3 is 19.3 Å². The van der Waals surface area contributed by atoms with Gasteiger partial charge in [0.15, 0.2) is 0 Å². The van der Waals surface area contributed by atoms with Crippen molar-refractivity contribution in [2.75, 3.05) is 49.1 Å². The average molecular weight is 562 g/mol. The Bertz CT molecular complexity index is 1350. The van der Waals surface area contributed by atoms with E-state index in [2.05, 4.69) is 46.4 Å². The number of anilines is 2. The molecule has 40 heavy (non-hydrogen) atoms. The van der Waals surface area contributed by atoms with Gasteiger partial charge >= 0.3 is 6.01 Å². The highest BCUT2D eigenvalue weighted by molar-refractivity contribution is 6.49. The minimum atomic E-state index is 0.156. The van der Waals surface area contributed by atoms with Crippen LogP contribution in [0.15, 0.2) is 36.6 Å². The van der Waals surface area contributed by atoms with E-state index >= 15 is 0 Å². The summed E-state index contributed by atoms with van der Waals surface area (Å²) in [6.45, 7) is 14.6. The van der Waals surface area contributed by atoms with Crippen molar-refractivity contribution in [2.45, 2.75) is 70.6 Å². The molecular formula is C32H40ClN5O2. The van der Waals surface area contributed by atoms with E-state index in [9.17, 15) is 0 Å². The molecule has 4 fully saturated rings. The Morgan fingerprint density at radius 3 is 2.75 bits per heavy atom. The van der Waals surface area contributed by atoms with E-state index in [0.29, 0.717) is 25.1 Å². The maximum Gasteiger partial charge on any atom is 0.318 e. The third-order valence-electron chi connectivity index (χ3n) is 9.96. The molecule has 1 aromatic carbocycles. The second-order valence-corrected chi connectivity index (χ2v) is 12.6. The van der Waals surface area contributed by atoms with Crippen molar-refractivity contribution in [3.05, 3.63) is 59.0 Å². The molecule has 4 saturated heterocycles. The van der Waals surface area contributed by atoms with Gasteiger partial charge in [-0.15, -0.1) is 0 Å². The number of hydrogen-bond acceptors (Lipinski definition) is 7. The van der Waals surface area contributed by atoms with Gasteiger partial charge in [0.1, 0.15) is 18.5 Å². The molecular weight excluding hydrogens is 522 g/mol. The van der Waals surface area contributed by atoms with Gasteiger partial charge in [0.2, 0.25) is 0 Å². The van der Waals surface area contributed by atoms with Gasteiger partial charge in [0, 0.05) is 34.9 Å². The molecule has 5 aliphatic heterocycles. The van der Waals surface area contributed by atoms with Gasteiger partial charge in [-0.2, -0.15) is 9.97 Å². The van der Waals surface area contributed by atoms with Gasteiger partial charge in [-0.25, -0.2) is 0 Å². The first-order valence-electron chi connectivity index (χ1n) is 15.0. The number of hydrogen-bond donors (Lipinski definition) is 0. The van der Waals surface area contributed by atoms with Gasteiger partial charge in [-0.1, -0.05) is 36.4 Å². The smallest absolute Gasteiger partial charge is 0.318 e. The Labute approximate surface area is 242 Å². The molecule has 7 rings (SSSR count). The zero-order chi connectivity index (χ0) is 27.4. The van der Waals surface area contributed by atoms with Gasteiger partial charge in [-0.3, -0.25) is 4.90 Å². The van der Waals surface area contributed by atoms with Crippen molar-refractivity contribution in [1.29, 1.82) is 0 Å². The number of rotatable bonds is 6. The fourth-order valence-electron chi connectivity index (χ4n) is 7.76. The fraction of sp³-hybridized carbons (Fsp3) is 0.562. The first kappa shape index (κ1) is 26.1.